The van der Waals surface area contributed by atoms with Gasteiger partial charge >= 0.3 is 5.69 Å². The van der Waals surface area contributed by atoms with Gasteiger partial charge in [0.25, 0.3) is 0 Å². The lowest BCUT2D eigenvalue weighted by Gasteiger charge is -2.17. The number of aromatic nitrogens is 4. The first-order valence-electron chi connectivity index (χ1n) is 12.5. The second-order valence-electron chi connectivity index (χ2n) is 9.36. The number of nitro groups is 1. The molecule has 2 N–H and O–H groups in total. The molecule has 6 aromatic rings. The summed E-state index contributed by atoms with van der Waals surface area (Å²) in [6.45, 7) is 1.66. The number of anilines is 1. The second-order valence-corrected chi connectivity index (χ2v) is 9.36. The van der Waals surface area contributed by atoms with Gasteiger partial charge in [-0.1, -0.05) is 18.2 Å². The van der Waals surface area contributed by atoms with E-state index in [4.69, 9.17) is 20.0 Å². The fraction of sp³-hybridized carbons (Fsp3) is 0.103. The second kappa shape index (κ2) is 10.0. The number of nitrogen functional groups attached to an aromatic ring is 1. The molecule has 1 atom stereocenters. The minimum Gasteiger partial charge on any atom is -0.490 e. The van der Waals surface area contributed by atoms with Crippen LogP contribution in [-0.4, -0.2) is 31.8 Å². The molecular weight excluding hydrogens is 550 g/mol. The van der Waals surface area contributed by atoms with E-state index in [-0.39, 0.29) is 56.5 Å². The van der Waals surface area contributed by atoms with Crippen molar-refractivity contribution in [2.45, 2.75) is 13.0 Å². The van der Waals surface area contributed by atoms with Gasteiger partial charge < -0.3 is 14.9 Å². The third-order valence-corrected chi connectivity index (χ3v) is 6.92. The molecule has 0 bridgehead atoms. The Morgan fingerprint density at radius 1 is 1.05 bits per heavy atom. The Hall–Kier alpha value is -5.72. The van der Waals surface area contributed by atoms with Gasteiger partial charge in [-0.2, -0.15) is 5.10 Å². The molecular formula is C29H20F2N6O5. The third-order valence-electron chi connectivity index (χ3n) is 6.92. The fourth-order valence-electron chi connectivity index (χ4n) is 4.99. The van der Waals surface area contributed by atoms with Crippen LogP contribution in [0.5, 0.6) is 5.75 Å². The molecule has 3 aromatic carbocycles. The lowest BCUT2D eigenvalue weighted by Crippen LogP contribution is -2.17. The molecule has 11 nitrogen and oxygen atoms in total. The Kier molecular flexibility index (Phi) is 6.33. The average Bonchev–Trinajstić information content (AvgIpc) is 3.37. The van der Waals surface area contributed by atoms with E-state index in [2.05, 4.69) is 9.97 Å². The molecule has 42 heavy (non-hydrogen) atoms. The van der Waals surface area contributed by atoms with Crippen molar-refractivity contribution in [2.24, 2.45) is 0 Å². The van der Waals surface area contributed by atoms with Crippen molar-refractivity contribution in [3.8, 4) is 28.1 Å². The largest absolute Gasteiger partial charge is 0.490 e. The average molecular weight is 571 g/mol. The number of ether oxygens (including phenoxy) is 1. The molecule has 13 heteroatoms. The van der Waals surface area contributed by atoms with Gasteiger partial charge in [0.2, 0.25) is 5.43 Å². The number of hydrogen-bond donors (Lipinski definition) is 1. The van der Waals surface area contributed by atoms with E-state index in [0.29, 0.717) is 10.9 Å². The quantitative estimate of drug-likeness (QED) is 0.198. The minimum absolute atomic E-state index is 0.0152. The van der Waals surface area contributed by atoms with E-state index in [1.165, 1.54) is 60.6 Å². The van der Waals surface area contributed by atoms with Gasteiger partial charge in [-0.15, -0.1) is 0 Å². The standard InChI is InChI=1S/C29H20F2N6O5/c1-14(27-22(15-5-3-6-17(30)11-15)26(38)23-18(31)7-4-8-21(23)42-27)36-29-24(28(32)33-13-34-29)25(35-36)16-9-10-20(41-2)19(12-16)37(39)40/h3-14H,1-2H3,(H2,32,33,34). The number of benzene rings is 3. The number of methoxy groups -OCH3 is 1. The van der Waals surface area contributed by atoms with Crippen LogP contribution in [-0.2, 0) is 0 Å². The molecule has 6 rings (SSSR count). The molecule has 210 valence electrons. The summed E-state index contributed by atoms with van der Waals surface area (Å²) >= 11 is 0. The highest BCUT2D eigenvalue weighted by Crippen LogP contribution is 2.39. The van der Waals surface area contributed by atoms with Crippen molar-refractivity contribution >= 4 is 33.5 Å². The first-order valence-corrected chi connectivity index (χ1v) is 12.5. The van der Waals surface area contributed by atoms with Crippen LogP contribution >= 0.6 is 0 Å². The van der Waals surface area contributed by atoms with E-state index < -0.39 is 28.0 Å². The zero-order valence-electron chi connectivity index (χ0n) is 22.0. The van der Waals surface area contributed by atoms with E-state index >= 15 is 0 Å². The lowest BCUT2D eigenvalue weighted by atomic mass is 9.99. The first kappa shape index (κ1) is 26.5. The highest BCUT2D eigenvalue weighted by atomic mass is 19.1. The topological polar surface area (TPSA) is 152 Å². The number of fused-ring (bicyclic) bond motifs is 2. The Balaban J connectivity index is 1.64. The van der Waals surface area contributed by atoms with Crippen LogP contribution < -0.4 is 15.9 Å². The Morgan fingerprint density at radius 3 is 2.57 bits per heavy atom. The summed E-state index contributed by atoms with van der Waals surface area (Å²) in [6, 6.07) is 12.7. The van der Waals surface area contributed by atoms with Gasteiger partial charge in [0, 0.05) is 11.6 Å². The van der Waals surface area contributed by atoms with Crippen molar-refractivity contribution in [1.29, 1.82) is 0 Å². The maximum Gasteiger partial charge on any atom is 0.311 e. The Bertz CT molecular complexity index is 2110. The predicted molar refractivity (Wildman–Crippen MR) is 150 cm³/mol. The summed E-state index contributed by atoms with van der Waals surface area (Å²) in [5.41, 5.74) is 6.12. The zero-order chi connectivity index (χ0) is 29.7. The molecule has 0 fully saturated rings. The first-order chi connectivity index (χ1) is 20.2. The van der Waals surface area contributed by atoms with Crippen LogP contribution in [0.15, 0.2) is 76.2 Å². The molecule has 0 aliphatic heterocycles. The molecule has 0 spiro atoms. The molecule has 0 saturated heterocycles. The summed E-state index contributed by atoms with van der Waals surface area (Å²) in [4.78, 5) is 33.3. The van der Waals surface area contributed by atoms with Crippen molar-refractivity contribution in [1.82, 2.24) is 19.7 Å². The summed E-state index contributed by atoms with van der Waals surface area (Å²) in [7, 11) is 1.32. The van der Waals surface area contributed by atoms with E-state index in [0.717, 1.165) is 12.1 Å². The van der Waals surface area contributed by atoms with Crippen LogP contribution in [0, 0.1) is 21.7 Å². The molecule has 0 aliphatic rings. The van der Waals surface area contributed by atoms with Crippen molar-refractivity contribution in [3.63, 3.8) is 0 Å². The van der Waals surface area contributed by atoms with Gasteiger partial charge in [-0.25, -0.2) is 23.4 Å². The maximum atomic E-state index is 14.8. The molecule has 0 radical (unpaired) electrons. The molecule has 1 unspecified atom stereocenters. The van der Waals surface area contributed by atoms with Crippen molar-refractivity contribution in [2.75, 3.05) is 12.8 Å². The zero-order valence-corrected chi connectivity index (χ0v) is 22.0. The lowest BCUT2D eigenvalue weighted by molar-refractivity contribution is -0.385. The monoisotopic (exact) mass is 570 g/mol. The highest BCUT2D eigenvalue weighted by molar-refractivity contribution is 5.98. The van der Waals surface area contributed by atoms with Crippen molar-refractivity contribution < 1.29 is 22.9 Å². The minimum atomic E-state index is -0.887. The van der Waals surface area contributed by atoms with Crippen LogP contribution in [0.25, 0.3) is 44.4 Å². The van der Waals surface area contributed by atoms with E-state index in [9.17, 15) is 23.7 Å². The van der Waals surface area contributed by atoms with Gasteiger partial charge in [0.15, 0.2) is 11.4 Å². The molecule has 0 amide bonds. The Morgan fingerprint density at radius 2 is 1.83 bits per heavy atom. The summed E-state index contributed by atoms with van der Waals surface area (Å²) < 4.78 is 41.8. The predicted octanol–water partition coefficient (Wildman–Crippen LogP) is 5.65. The van der Waals surface area contributed by atoms with Gasteiger partial charge in [-0.05, 0) is 48.9 Å². The SMILES string of the molecule is COc1ccc(-c2nn(C(C)c3oc4cccc(F)c4c(=O)c3-c3cccc(F)c3)c3ncnc(N)c23)cc1[N+](=O)[O-]. The number of rotatable bonds is 6. The normalized spacial score (nSPS) is 12.1. The Labute approximate surface area is 235 Å². The van der Waals surface area contributed by atoms with Crippen LogP contribution in [0.3, 0.4) is 0 Å². The van der Waals surface area contributed by atoms with E-state index in [1.807, 2.05) is 0 Å². The van der Waals surface area contributed by atoms with Crippen molar-refractivity contribution in [3.05, 3.63) is 105 Å². The molecule has 0 saturated carbocycles. The summed E-state index contributed by atoms with van der Waals surface area (Å²) in [5.74, 6) is -1.23. The fourth-order valence-corrected chi connectivity index (χ4v) is 4.99. The van der Waals surface area contributed by atoms with Crippen LogP contribution in [0.2, 0.25) is 0 Å². The van der Waals surface area contributed by atoms with Crippen LogP contribution in [0.1, 0.15) is 18.7 Å². The highest BCUT2D eigenvalue weighted by Gasteiger charge is 2.28. The van der Waals surface area contributed by atoms with Gasteiger partial charge in [0.1, 0.15) is 52.2 Å². The smallest absolute Gasteiger partial charge is 0.311 e. The number of nitrogens with zero attached hydrogens (tertiary/aromatic N) is 5. The number of nitro benzene ring substituents is 1. The van der Waals surface area contributed by atoms with Crippen LogP contribution in [0.4, 0.5) is 20.3 Å². The number of halogens is 2. The third kappa shape index (κ3) is 4.18. The number of hydrogen-bond acceptors (Lipinski definition) is 9. The van der Waals surface area contributed by atoms with Gasteiger partial charge in [0.05, 0.1) is 23.0 Å². The maximum absolute atomic E-state index is 14.8. The molecule has 0 aliphatic carbocycles. The molecule has 3 heterocycles. The number of nitrogens with two attached hydrogens (primary N) is 1. The van der Waals surface area contributed by atoms with Gasteiger partial charge in [-0.3, -0.25) is 14.9 Å². The summed E-state index contributed by atoms with van der Waals surface area (Å²) in [6.07, 6.45) is 1.22. The summed E-state index contributed by atoms with van der Waals surface area (Å²) in [5, 5.41) is 16.4. The van der Waals surface area contributed by atoms with E-state index in [1.54, 1.807) is 13.0 Å². The molecule has 3 aromatic heterocycles.